The summed E-state index contributed by atoms with van der Waals surface area (Å²) in [6.07, 6.45) is -0.0665. The molecule has 1 aliphatic heterocycles. The summed E-state index contributed by atoms with van der Waals surface area (Å²) in [6, 6.07) is 0.262. The van der Waals surface area contributed by atoms with Crippen molar-refractivity contribution in [3.63, 3.8) is 0 Å². The fourth-order valence-electron chi connectivity index (χ4n) is 3.06. The predicted octanol–water partition coefficient (Wildman–Crippen LogP) is 3.51. The normalized spacial score (nSPS) is 32.2. The summed E-state index contributed by atoms with van der Waals surface area (Å²) in [5.74, 6) is -1.08. The van der Waals surface area contributed by atoms with Crippen molar-refractivity contribution in [1.29, 1.82) is 0 Å². The predicted molar refractivity (Wildman–Crippen MR) is 68.0 cm³/mol. The smallest absolute Gasteiger partial charge is 0.381 e. The second-order valence-corrected chi connectivity index (χ2v) is 6.39. The third kappa shape index (κ3) is 4.35. The summed E-state index contributed by atoms with van der Waals surface area (Å²) in [5, 5.41) is 3.48. The summed E-state index contributed by atoms with van der Waals surface area (Å²) < 4.78 is 43.1. The lowest BCUT2D eigenvalue weighted by molar-refractivity contribution is -0.182. The standard InChI is InChI=1S/C14H24F3NO/c1-13(6-8-19-9-7-13)10-18-12-4-2-11(3-5-12)14(15,16)17/h11-12,18H,2-10H2,1H3. The highest BCUT2D eigenvalue weighted by Gasteiger charge is 2.41. The van der Waals surface area contributed by atoms with Crippen molar-refractivity contribution in [1.82, 2.24) is 5.32 Å². The largest absolute Gasteiger partial charge is 0.391 e. The molecule has 0 atom stereocenters. The van der Waals surface area contributed by atoms with Crippen molar-refractivity contribution in [2.75, 3.05) is 19.8 Å². The van der Waals surface area contributed by atoms with Crippen LogP contribution in [0.15, 0.2) is 0 Å². The third-order valence-corrected chi connectivity index (χ3v) is 4.71. The Labute approximate surface area is 113 Å². The van der Waals surface area contributed by atoms with Gasteiger partial charge in [-0.1, -0.05) is 6.92 Å². The number of hydrogen-bond donors (Lipinski definition) is 1. The van der Waals surface area contributed by atoms with Crippen LogP contribution in [0.25, 0.3) is 0 Å². The lowest BCUT2D eigenvalue weighted by Gasteiger charge is -2.37. The maximum Gasteiger partial charge on any atom is 0.391 e. The van der Waals surface area contributed by atoms with Crippen molar-refractivity contribution < 1.29 is 17.9 Å². The minimum Gasteiger partial charge on any atom is -0.381 e. The van der Waals surface area contributed by atoms with Crippen LogP contribution < -0.4 is 5.32 Å². The highest BCUT2D eigenvalue weighted by atomic mass is 19.4. The molecule has 112 valence electrons. The van der Waals surface area contributed by atoms with Gasteiger partial charge in [-0.15, -0.1) is 0 Å². The van der Waals surface area contributed by atoms with Crippen LogP contribution in [0.3, 0.4) is 0 Å². The monoisotopic (exact) mass is 279 g/mol. The molecule has 0 spiro atoms. The molecular formula is C14H24F3NO. The van der Waals surface area contributed by atoms with Gasteiger partial charge in [-0.05, 0) is 43.9 Å². The van der Waals surface area contributed by atoms with Crippen LogP contribution in [0.5, 0.6) is 0 Å². The lowest BCUT2D eigenvalue weighted by Crippen LogP contribution is -2.43. The molecule has 0 aromatic rings. The van der Waals surface area contributed by atoms with E-state index < -0.39 is 12.1 Å². The van der Waals surface area contributed by atoms with Crippen LogP contribution in [0, 0.1) is 11.3 Å². The zero-order valence-electron chi connectivity index (χ0n) is 11.6. The van der Waals surface area contributed by atoms with Gasteiger partial charge < -0.3 is 10.1 Å². The number of ether oxygens (including phenoxy) is 1. The number of rotatable bonds is 3. The van der Waals surface area contributed by atoms with E-state index >= 15 is 0 Å². The quantitative estimate of drug-likeness (QED) is 0.853. The molecular weight excluding hydrogens is 255 g/mol. The molecule has 2 aliphatic rings. The summed E-state index contributed by atoms with van der Waals surface area (Å²) >= 11 is 0. The summed E-state index contributed by atoms with van der Waals surface area (Å²) in [4.78, 5) is 0. The Morgan fingerprint density at radius 1 is 1.11 bits per heavy atom. The van der Waals surface area contributed by atoms with Gasteiger partial charge in [-0.3, -0.25) is 0 Å². The Balaban J connectivity index is 1.71. The Morgan fingerprint density at radius 3 is 2.21 bits per heavy atom. The molecule has 2 rings (SSSR count). The molecule has 19 heavy (non-hydrogen) atoms. The molecule has 0 amide bonds. The molecule has 0 unspecified atom stereocenters. The van der Waals surface area contributed by atoms with Gasteiger partial charge in [0.25, 0.3) is 0 Å². The van der Waals surface area contributed by atoms with Crippen molar-refractivity contribution in [2.24, 2.45) is 11.3 Å². The molecule has 1 aliphatic carbocycles. The molecule has 0 radical (unpaired) electrons. The van der Waals surface area contributed by atoms with Gasteiger partial charge in [0.15, 0.2) is 0 Å². The van der Waals surface area contributed by atoms with Crippen LogP contribution in [-0.4, -0.2) is 32.0 Å². The van der Waals surface area contributed by atoms with Crippen LogP contribution in [0.1, 0.15) is 45.4 Å². The van der Waals surface area contributed by atoms with Crippen molar-refractivity contribution >= 4 is 0 Å². The van der Waals surface area contributed by atoms with E-state index in [9.17, 15) is 13.2 Å². The van der Waals surface area contributed by atoms with E-state index in [2.05, 4.69) is 12.2 Å². The van der Waals surface area contributed by atoms with E-state index in [0.717, 1.165) is 32.6 Å². The fraction of sp³-hybridized carbons (Fsp3) is 1.00. The maximum atomic E-state index is 12.6. The molecule has 1 heterocycles. The van der Waals surface area contributed by atoms with Gasteiger partial charge in [-0.25, -0.2) is 0 Å². The van der Waals surface area contributed by atoms with Crippen molar-refractivity contribution in [3.05, 3.63) is 0 Å². The van der Waals surface area contributed by atoms with Gasteiger partial charge in [-0.2, -0.15) is 13.2 Å². The zero-order chi connectivity index (χ0) is 13.9. The Morgan fingerprint density at radius 2 is 1.68 bits per heavy atom. The third-order valence-electron chi connectivity index (χ3n) is 4.71. The molecule has 1 saturated carbocycles. The van der Waals surface area contributed by atoms with Crippen molar-refractivity contribution in [2.45, 2.75) is 57.7 Å². The highest BCUT2D eigenvalue weighted by molar-refractivity contribution is 4.85. The van der Waals surface area contributed by atoms with Gasteiger partial charge in [0.1, 0.15) is 0 Å². The van der Waals surface area contributed by atoms with Gasteiger partial charge >= 0.3 is 6.18 Å². The first-order valence-corrected chi connectivity index (χ1v) is 7.27. The second-order valence-electron chi connectivity index (χ2n) is 6.39. The second kappa shape index (κ2) is 6.00. The fourth-order valence-corrected chi connectivity index (χ4v) is 3.06. The molecule has 1 saturated heterocycles. The Kier molecular flexibility index (Phi) is 4.77. The van der Waals surface area contributed by atoms with Crippen LogP contribution in [0.2, 0.25) is 0 Å². The maximum absolute atomic E-state index is 12.6. The minimum absolute atomic E-state index is 0.249. The zero-order valence-corrected chi connectivity index (χ0v) is 11.6. The van der Waals surface area contributed by atoms with Gasteiger partial charge in [0.2, 0.25) is 0 Å². The molecule has 0 bridgehead atoms. The van der Waals surface area contributed by atoms with E-state index in [1.165, 1.54) is 0 Å². The van der Waals surface area contributed by atoms with Gasteiger partial charge in [0, 0.05) is 25.8 Å². The van der Waals surface area contributed by atoms with Crippen molar-refractivity contribution in [3.8, 4) is 0 Å². The molecule has 2 fully saturated rings. The summed E-state index contributed by atoms with van der Waals surface area (Å²) in [6.45, 7) is 4.75. The average molecular weight is 279 g/mol. The number of hydrogen-bond acceptors (Lipinski definition) is 2. The average Bonchev–Trinajstić information content (AvgIpc) is 2.37. The first-order valence-electron chi connectivity index (χ1n) is 7.27. The first-order chi connectivity index (χ1) is 8.89. The molecule has 1 N–H and O–H groups in total. The van der Waals surface area contributed by atoms with E-state index in [1.807, 2.05) is 0 Å². The summed E-state index contributed by atoms with van der Waals surface area (Å²) in [5.41, 5.74) is 0.249. The lowest BCUT2D eigenvalue weighted by atomic mass is 9.81. The van der Waals surface area contributed by atoms with Gasteiger partial charge in [0.05, 0.1) is 5.92 Å². The van der Waals surface area contributed by atoms with Crippen LogP contribution >= 0.6 is 0 Å². The molecule has 5 heteroatoms. The molecule has 0 aromatic heterocycles. The van der Waals surface area contributed by atoms with E-state index in [-0.39, 0.29) is 24.3 Å². The SMILES string of the molecule is CC1(CNC2CCC(C(F)(F)F)CC2)CCOCC1. The topological polar surface area (TPSA) is 21.3 Å². The van der Waals surface area contributed by atoms with E-state index in [4.69, 9.17) is 4.74 Å². The highest BCUT2D eigenvalue weighted by Crippen LogP contribution is 2.38. The number of halogens is 3. The Bertz CT molecular complexity index is 279. The van der Waals surface area contributed by atoms with E-state index in [0.29, 0.717) is 12.8 Å². The minimum atomic E-state index is -4.00. The number of nitrogens with one attached hydrogen (secondary N) is 1. The van der Waals surface area contributed by atoms with Crippen LogP contribution in [-0.2, 0) is 4.74 Å². The summed E-state index contributed by atoms with van der Waals surface area (Å²) in [7, 11) is 0. The molecule has 2 nitrogen and oxygen atoms in total. The first kappa shape index (κ1) is 15.1. The number of alkyl halides is 3. The molecule has 0 aromatic carbocycles. The Hall–Kier alpha value is -0.290. The van der Waals surface area contributed by atoms with E-state index in [1.54, 1.807) is 0 Å². The van der Waals surface area contributed by atoms with Crippen LogP contribution in [0.4, 0.5) is 13.2 Å².